The van der Waals surface area contributed by atoms with Gasteiger partial charge in [-0.25, -0.2) is 0 Å². The van der Waals surface area contributed by atoms with Gasteiger partial charge in [0, 0.05) is 6.07 Å². The van der Waals surface area contributed by atoms with Crippen molar-refractivity contribution in [2.75, 3.05) is 13.2 Å². The van der Waals surface area contributed by atoms with E-state index in [9.17, 15) is 0 Å². The fourth-order valence-corrected chi connectivity index (χ4v) is 1.45. The molecular formula is C10H9NO2S. The summed E-state index contributed by atoms with van der Waals surface area (Å²) in [5.41, 5.74) is 1.79. The molecule has 4 heteroatoms. The van der Waals surface area contributed by atoms with E-state index in [0.29, 0.717) is 13.2 Å². The Bertz CT molecular complexity index is 411. The van der Waals surface area contributed by atoms with Crippen molar-refractivity contribution in [2.45, 2.75) is 6.92 Å². The van der Waals surface area contributed by atoms with Gasteiger partial charge in [-0.05, 0) is 30.8 Å². The van der Waals surface area contributed by atoms with E-state index in [4.69, 9.17) is 9.47 Å². The summed E-state index contributed by atoms with van der Waals surface area (Å²) in [5, 5.41) is 2.34. The van der Waals surface area contributed by atoms with Gasteiger partial charge in [0.25, 0.3) is 0 Å². The zero-order valence-corrected chi connectivity index (χ0v) is 8.56. The van der Waals surface area contributed by atoms with Crippen molar-refractivity contribution in [3.05, 3.63) is 17.7 Å². The standard InChI is InChI=1S/C10H9NO2S/c1-7-4-9-10(13-3-2-12-9)5-8(7)11-6-14/h4-5H,2-3H2,1H3. The number of ether oxygens (including phenoxy) is 2. The molecule has 14 heavy (non-hydrogen) atoms. The predicted molar refractivity (Wildman–Crippen MR) is 56.9 cm³/mol. The third kappa shape index (κ3) is 1.62. The average molecular weight is 207 g/mol. The highest BCUT2D eigenvalue weighted by Gasteiger charge is 2.13. The third-order valence-corrected chi connectivity index (χ3v) is 2.12. The first-order valence-electron chi connectivity index (χ1n) is 4.29. The molecule has 0 bridgehead atoms. The Balaban J connectivity index is 2.50. The summed E-state index contributed by atoms with van der Waals surface area (Å²) in [4.78, 5) is 3.94. The summed E-state index contributed by atoms with van der Waals surface area (Å²) in [5.74, 6) is 1.50. The van der Waals surface area contributed by atoms with Crippen LogP contribution in [0.5, 0.6) is 11.5 Å². The third-order valence-electron chi connectivity index (χ3n) is 2.03. The van der Waals surface area contributed by atoms with E-state index in [1.165, 1.54) is 0 Å². The molecule has 0 N–H and O–H groups in total. The monoisotopic (exact) mass is 207 g/mol. The van der Waals surface area contributed by atoms with Gasteiger partial charge in [0.15, 0.2) is 11.5 Å². The maximum Gasteiger partial charge on any atom is 0.163 e. The van der Waals surface area contributed by atoms with Crippen LogP contribution in [0.3, 0.4) is 0 Å². The minimum atomic E-state index is 0.580. The Hall–Kier alpha value is -1.38. The Morgan fingerprint density at radius 2 is 1.93 bits per heavy atom. The van der Waals surface area contributed by atoms with E-state index in [-0.39, 0.29) is 0 Å². The number of aryl methyl sites for hydroxylation is 1. The van der Waals surface area contributed by atoms with E-state index in [2.05, 4.69) is 22.4 Å². The van der Waals surface area contributed by atoms with Gasteiger partial charge in [-0.2, -0.15) is 4.99 Å². The highest BCUT2D eigenvalue weighted by Crippen LogP contribution is 2.36. The Morgan fingerprint density at radius 3 is 2.57 bits per heavy atom. The summed E-state index contributed by atoms with van der Waals surface area (Å²) in [7, 11) is 0. The molecule has 1 heterocycles. The molecule has 3 nitrogen and oxygen atoms in total. The van der Waals surface area contributed by atoms with Crippen LogP contribution in [0.4, 0.5) is 5.69 Å². The number of hydrogen-bond donors (Lipinski definition) is 0. The topological polar surface area (TPSA) is 30.8 Å². The molecule has 0 atom stereocenters. The van der Waals surface area contributed by atoms with Gasteiger partial charge in [0.05, 0.1) is 10.8 Å². The Morgan fingerprint density at radius 1 is 1.29 bits per heavy atom. The van der Waals surface area contributed by atoms with Crippen molar-refractivity contribution in [1.82, 2.24) is 0 Å². The SMILES string of the molecule is Cc1cc2c(cc1N=C=S)OCCO2. The van der Waals surface area contributed by atoms with Crippen LogP contribution in [0.2, 0.25) is 0 Å². The van der Waals surface area contributed by atoms with Gasteiger partial charge in [-0.15, -0.1) is 0 Å². The minimum Gasteiger partial charge on any atom is -0.486 e. The fraction of sp³-hybridized carbons (Fsp3) is 0.300. The highest BCUT2D eigenvalue weighted by molar-refractivity contribution is 7.78. The lowest BCUT2D eigenvalue weighted by molar-refractivity contribution is 0.171. The maximum absolute atomic E-state index is 5.42. The largest absolute Gasteiger partial charge is 0.486 e. The molecule has 1 aromatic carbocycles. The second-order valence-electron chi connectivity index (χ2n) is 2.99. The summed E-state index contributed by atoms with van der Waals surface area (Å²) in [6.45, 7) is 3.13. The maximum atomic E-state index is 5.42. The van der Waals surface area contributed by atoms with Crippen molar-refractivity contribution in [3.8, 4) is 11.5 Å². The number of hydrogen-bond acceptors (Lipinski definition) is 4. The number of benzene rings is 1. The number of thiocarbonyl (C=S) groups is 1. The van der Waals surface area contributed by atoms with Gasteiger partial charge in [-0.3, -0.25) is 0 Å². The molecule has 0 unspecified atom stereocenters. The first kappa shape index (κ1) is 9.19. The summed E-state index contributed by atoms with van der Waals surface area (Å²) in [6, 6.07) is 3.73. The second kappa shape index (κ2) is 3.78. The normalized spacial score (nSPS) is 13.2. The molecule has 72 valence electrons. The second-order valence-corrected chi connectivity index (χ2v) is 3.17. The van der Waals surface area contributed by atoms with Gasteiger partial charge in [0.1, 0.15) is 13.2 Å². The zero-order chi connectivity index (χ0) is 9.97. The lowest BCUT2D eigenvalue weighted by Gasteiger charge is -2.19. The van der Waals surface area contributed by atoms with E-state index >= 15 is 0 Å². The molecule has 0 saturated carbocycles. The zero-order valence-electron chi connectivity index (χ0n) is 7.74. The molecule has 0 fully saturated rings. The molecule has 0 radical (unpaired) electrons. The van der Waals surface area contributed by atoms with Crippen molar-refractivity contribution in [1.29, 1.82) is 0 Å². The first-order chi connectivity index (χ1) is 6.81. The highest BCUT2D eigenvalue weighted by atomic mass is 32.1. The van der Waals surface area contributed by atoms with Crippen molar-refractivity contribution < 1.29 is 9.47 Å². The molecule has 1 aliphatic rings. The molecular weight excluding hydrogens is 198 g/mol. The smallest absolute Gasteiger partial charge is 0.163 e. The van der Waals surface area contributed by atoms with Crippen LogP contribution in [0.25, 0.3) is 0 Å². The number of rotatable bonds is 1. The van der Waals surface area contributed by atoms with Crippen molar-refractivity contribution in [3.63, 3.8) is 0 Å². The number of aliphatic imine (C=N–C) groups is 1. The lowest BCUT2D eigenvalue weighted by atomic mass is 10.2. The molecule has 0 aromatic heterocycles. The lowest BCUT2D eigenvalue weighted by Crippen LogP contribution is -2.15. The van der Waals surface area contributed by atoms with E-state index in [0.717, 1.165) is 22.7 Å². The Kier molecular flexibility index (Phi) is 2.48. The summed E-state index contributed by atoms with van der Waals surface area (Å²) >= 11 is 4.56. The van der Waals surface area contributed by atoms with E-state index in [1.54, 1.807) is 0 Å². The number of nitrogens with zero attached hydrogens (tertiary/aromatic N) is 1. The van der Waals surface area contributed by atoms with Crippen LogP contribution in [0, 0.1) is 6.92 Å². The van der Waals surface area contributed by atoms with Crippen LogP contribution in [0.15, 0.2) is 17.1 Å². The molecule has 0 aliphatic carbocycles. The molecule has 0 saturated heterocycles. The molecule has 1 aliphatic heterocycles. The minimum absolute atomic E-state index is 0.580. The van der Waals surface area contributed by atoms with Crippen LogP contribution in [0.1, 0.15) is 5.56 Å². The van der Waals surface area contributed by atoms with Gasteiger partial charge in [0.2, 0.25) is 0 Å². The average Bonchev–Trinajstić information content (AvgIpc) is 2.19. The van der Waals surface area contributed by atoms with Gasteiger partial charge in [-0.1, -0.05) is 0 Å². The Labute approximate surface area is 87.4 Å². The summed E-state index contributed by atoms with van der Waals surface area (Å²) in [6.07, 6.45) is 0. The van der Waals surface area contributed by atoms with Gasteiger partial charge < -0.3 is 9.47 Å². The van der Waals surface area contributed by atoms with Crippen LogP contribution < -0.4 is 9.47 Å². The van der Waals surface area contributed by atoms with Gasteiger partial charge >= 0.3 is 0 Å². The molecule has 0 amide bonds. The number of fused-ring (bicyclic) bond motifs is 1. The van der Waals surface area contributed by atoms with E-state index in [1.807, 2.05) is 19.1 Å². The fourth-order valence-electron chi connectivity index (χ4n) is 1.35. The quantitative estimate of drug-likeness (QED) is 0.523. The molecule has 1 aromatic rings. The van der Waals surface area contributed by atoms with Crippen molar-refractivity contribution in [2.24, 2.45) is 4.99 Å². The van der Waals surface area contributed by atoms with Crippen LogP contribution in [-0.2, 0) is 0 Å². The van der Waals surface area contributed by atoms with Crippen LogP contribution >= 0.6 is 12.2 Å². The number of isothiocyanates is 1. The van der Waals surface area contributed by atoms with E-state index < -0.39 is 0 Å². The first-order valence-corrected chi connectivity index (χ1v) is 4.70. The van der Waals surface area contributed by atoms with Crippen LogP contribution in [-0.4, -0.2) is 18.4 Å². The summed E-state index contributed by atoms with van der Waals surface area (Å²) < 4.78 is 10.8. The van der Waals surface area contributed by atoms with Crippen molar-refractivity contribution >= 4 is 23.1 Å². The predicted octanol–water partition coefficient (Wildman–Crippen LogP) is 2.50. The molecule has 2 rings (SSSR count). The molecule has 0 spiro atoms.